The van der Waals surface area contributed by atoms with E-state index in [1.807, 2.05) is 0 Å². The van der Waals surface area contributed by atoms with E-state index >= 15 is 0 Å². The predicted molar refractivity (Wildman–Crippen MR) is 98.7 cm³/mol. The molecule has 4 nitrogen and oxygen atoms in total. The van der Waals surface area contributed by atoms with Gasteiger partial charge in [-0.15, -0.1) is 0 Å². The van der Waals surface area contributed by atoms with Crippen LogP contribution in [0.15, 0.2) is 0 Å². The maximum Gasteiger partial charge on any atom is 1.00 e. The Morgan fingerprint density at radius 3 is 1.36 bits per heavy atom. The molecule has 25 heavy (non-hydrogen) atoms. The van der Waals surface area contributed by atoms with Gasteiger partial charge >= 0.3 is 29.6 Å². The van der Waals surface area contributed by atoms with Gasteiger partial charge in [0.25, 0.3) is 0 Å². The number of aliphatic carboxylic acids is 1. The van der Waals surface area contributed by atoms with E-state index < -0.39 is 12.1 Å². The molecule has 0 aliphatic heterocycles. The summed E-state index contributed by atoms with van der Waals surface area (Å²) >= 11 is 0. The molecule has 0 aromatic heterocycles. The minimum atomic E-state index is -1.08. The SMILES string of the molecule is CC(=O)[O-].CCCCCCCCCCCCCCCCC(O)CO.[Na+]. The van der Waals surface area contributed by atoms with Crippen molar-refractivity contribution in [2.45, 2.75) is 116 Å². The molecule has 0 amide bonds. The molecule has 0 aliphatic carbocycles. The van der Waals surface area contributed by atoms with Gasteiger partial charge in [0, 0.05) is 5.97 Å². The maximum atomic E-state index is 9.20. The van der Waals surface area contributed by atoms with Crippen molar-refractivity contribution in [3.63, 3.8) is 0 Å². The van der Waals surface area contributed by atoms with Crippen LogP contribution in [0.4, 0.5) is 0 Å². The van der Waals surface area contributed by atoms with Crippen LogP contribution >= 0.6 is 0 Å². The van der Waals surface area contributed by atoms with Crippen molar-refractivity contribution in [2.75, 3.05) is 6.61 Å². The summed E-state index contributed by atoms with van der Waals surface area (Å²) in [6, 6.07) is 0. The molecule has 2 N–H and O–H groups in total. The summed E-state index contributed by atoms with van der Waals surface area (Å²) < 4.78 is 0. The Balaban J connectivity index is -0.000000867. The monoisotopic (exact) mass is 368 g/mol. The molecule has 0 spiro atoms. The average Bonchev–Trinajstić information content (AvgIpc) is 2.54. The molecule has 0 saturated carbocycles. The second-order valence-electron chi connectivity index (χ2n) is 6.71. The molecule has 5 heteroatoms. The number of aliphatic hydroxyl groups excluding tert-OH is 2. The zero-order valence-corrected chi connectivity index (χ0v) is 19.1. The first-order valence-electron chi connectivity index (χ1n) is 10.0. The van der Waals surface area contributed by atoms with Gasteiger partial charge in [0.05, 0.1) is 12.7 Å². The minimum Gasteiger partial charge on any atom is -0.550 e. The van der Waals surface area contributed by atoms with E-state index in [9.17, 15) is 5.11 Å². The van der Waals surface area contributed by atoms with Gasteiger partial charge in [0.1, 0.15) is 0 Å². The molecule has 0 fully saturated rings. The van der Waals surface area contributed by atoms with Crippen molar-refractivity contribution in [1.82, 2.24) is 0 Å². The second-order valence-corrected chi connectivity index (χ2v) is 6.71. The standard InChI is InChI=1S/C18H38O2.C2H4O2.Na/c1-2-3-4-5-6-7-8-9-10-11-12-13-14-15-16-18(20)17-19;1-2(3)4;/h18-20H,2-17H2,1H3;1H3,(H,3,4);/q;;+1/p-1. The van der Waals surface area contributed by atoms with Gasteiger partial charge in [-0.05, 0) is 13.3 Å². The Morgan fingerprint density at radius 2 is 1.08 bits per heavy atom. The van der Waals surface area contributed by atoms with E-state index in [0.29, 0.717) is 0 Å². The van der Waals surface area contributed by atoms with Crippen LogP contribution in [-0.4, -0.2) is 28.9 Å². The number of aliphatic hydroxyl groups is 2. The van der Waals surface area contributed by atoms with Gasteiger partial charge in [-0.2, -0.15) is 0 Å². The van der Waals surface area contributed by atoms with Crippen molar-refractivity contribution in [3.8, 4) is 0 Å². The summed E-state index contributed by atoms with van der Waals surface area (Å²) in [4.78, 5) is 8.89. The van der Waals surface area contributed by atoms with Crippen LogP contribution in [0.3, 0.4) is 0 Å². The first kappa shape index (κ1) is 30.1. The zero-order valence-electron chi connectivity index (χ0n) is 17.1. The van der Waals surface area contributed by atoms with Gasteiger partial charge in [0.15, 0.2) is 0 Å². The molecule has 1 unspecified atom stereocenters. The third-order valence-electron chi connectivity index (χ3n) is 4.10. The first-order chi connectivity index (χ1) is 11.5. The third kappa shape index (κ3) is 36.2. The molecule has 0 heterocycles. The molecule has 0 radical (unpaired) electrons. The number of hydrogen-bond acceptors (Lipinski definition) is 4. The quantitative estimate of drug-likeness (QED) is 0.314. The topological polar surface area (TPSA) is 80.6 Å². The van der Waals surface area contributed by atoms with E-state index in [1.165, 1.54) is 83.5 Å². The van der Waals surface area contributed by atoms with Crippen molar-refractivity contribution >= 4 is 5.97 Å². The van der Waals surface area contributed by atoms with Crippen LogP contribution in [0.1, 0.15) is 110 Å². The number of rotatable bonds is 16. The average molecular weight is 369 g/mol. The van der Waals surface area contributed by atoms with Crippen molar-refractivity contribution in [2.24, 2.45) is 0 Å². The predicted octanol–water partition coefficient (Wildman–Crippen LogP) is 0.971. The number of carbonyl (C=O) groups is 1. The van der Waals surface area contributed by atoms with Crippen LogP contribution in [0, 0.1) is 0 Å². The van der Waals surface area contributed by atoms with Gasteiger partial charge in [0.2, 0.25) is 0 Å². The summed E-state index contributed by atoms with van der Waals surface area (Å²) in [6.45, 7) is 3.16. The molecule has 146 valence electrons. The fourth-order valence-electron chi connectivity index (χ4n) is 2.67. The van der Waals surface area contributed by atoms with Crippen molar-refractivity contribution < 1.29 is 49.7 Å². The van der Waals surface area contributed by atoms with Crippen LogP contribution in [0.2, 0.25) is 0 Å². The Hall–Kier alpha value is 0.390. The fourth-order valence-corrected chi connectivity index (χ4v) is 2.67. The summed E-state index contributed by atoms with van der Waals surface area (Å²) in [5.41, 5.74) is 0. The van der Waals surface area contributed by atoms with E-state index in [4.69, 9.17) is 15.0 Å². The Bertz CT molecular complexity index is 246. The molecule has 0 aliphatic rings. The van der Waals surface area contributed by atoms with Gasteiger partial charge in [-0.3, -0.25) is 0 Å². The molecule has 0 rings (SSSR count). The molecule has 0 aromatic carbocycles. The summed E-state index contributed by atoms with van der Waals surface area (Å²) in [6.07, 6.45) is 19.3. The number of carboxylic acids is 1. The largest absolute Gasteiger partial charge is 1.00 e. The summed E-state index contributed by atoms with van der Waals surface area (Å²) in [5, 5.41) is 26.8. The van der Waals surface area contributed by atoms with Crippen molar-refractivity contribution in [3.05, 3.63) is 0 Å². The summed E-state index contributed by atoms with van der Waals surface area (Å²) in [7, 11) is 0. The van der Waals surface area contributed by atoms with Crippen LogP contribution in [0.25, 0.3) is 0 Å². The molecule has 1 atom stereocenters. The van der Waals surface area contributed by atoms with Gasteiger partial charge in [-0.25, -0.2) is 0 Å². The zero-order chi connectivity index (χ0) is 18.5. The molecule has 0 bridgehead atoms. The van der Waals surface area contributed by atoms with E-state index in [0.717, 1.165) is 19.8 Å². The molecule has 0 saturated heterocycles. The molecule has 0 aromatic rings. The van der Waals surface area contributed by atoms with Gasteiger partial charge in [-0.1, -0.05) is 96.8 Å². The number of unbranched alkanes of at least 4 members (excludes halogenated alkanes) is 13. The number of carbonyl (C=O) groups excluding carboxylic acids is 1. The Kier molecular flexibility index (Phi) is 32.1. The molecular formula is C20H41NaO4. The van der Waals surface area contributed by atoms with Crippen LogP contribution < -0.4 is 34.7 Å². The van der Waals surface area contributed by atoms with Gasteiger partial charge < -0.3 is 20.1 Å². The number of carboxylic acid groups (broad SMARTS) is 1. The van der Waals surface area contributed by atoms with E-state index in [1.54, 1.807) is 0 Å². The molecular weight excluding hydrogens is 327 g/mol. The fraction of sp³-hybridized carbons (Fsp3) is 0.950. The van der Waals surface area contributed by atoms with E-state index in [2.05, 4.69) is 6.92 Å². The Morgan fingerprint density at radius 1 is 0.800 bits per heavy atom. The third-order valence-corrected chi connectivity index (χ3v) is 4.10. The smallest absolute Gasteiger partial charge is 0.550 e. The minimum absolute atomic E-state index is 0. The summed E-state index contributed by atoms with van der Waals surface area (Å²) in [5.74, 6) is -1.08. The van der Waals surface area contributed by atoms with Crippen molar-refractivity contribution in [1.29, 1.82) is 0 Å². The second kappa shape index (κ2) is 26.6. The number of hydrogen-bond donors (Lipinski definition) is 2. The Labute approximate surface area is 178 Å². The van der Waals surface area contributed by atoms with Crippen LogP contribution in [-0.2, 0) is 4.79 Å². The normalized spacial score (nSPS) is 11.2. The first-order valence-corrected chi connectivity index (χ1v) is 10.0. The van der Waals surface area contributed by atoms with Crippen LogP contribution in [0.5, 0.6) is 0 Å². The maximum absolute atomic E-state index is 9.20. The van der Waals surface area contributed by atoms with E-state index in [-0.39, 0.29) is 36.2 Å².